The predicted molar refractivity (Wildman–Crippen MR) is 115 cm³/mol. The number of carbonyl (C=O) groups is 1. The molecule has 0 radical (unpaired) electrons. The van der Waals surface area contributed by atoms with Crippen LogP contribution in [0.25, 0.3) is 11.1 Å². The number of carboxylic acids is 1. The third-order valence-electron chi connectivity index (χ3n) is 5.81. The van der Waals surface area contributed by atoms with Crippen LogP contribution in [0.2, 0.25) is 0 Å². The lowest BCUT2D eigenvalue weighted by Gasteiger charge is -2.32. The largest absolute Gasteiger partial charge is 0.478 e. The molecule has 0 aliphatic carbocycles. The summed E-state index contributed by atoms with van der Waals surface area (Å²) in [6, 6.07) is 19.8. The minimum Gasteiger partial charge on any atom is -0.478 e. The number of piperidine rings is 1. The maximum absolute atomic E-state index is 11.5. The van der Waals surface area contributed by atoms with Crippen LogP contribution in [0.3, 0.4) is 0 Å². The van der Waals surface area contributed by atoms with Gasteiger partial charge in [-0.25, -0.2) is 4.79 Å². The lowest BCUT2D eigenvalue weighted by molar-refractivity contribution is 0.0697. The molecule has 0 spiro atoms. The van der Waals surface area contributed by atoms with Crippen LogP contribution in [0.4, 0.5) is 0 Å². The molecule has 1 aliphatic heterocycles. The van der Waals surface area contributed by atoms with Crippen molar-refractivity contribution in [3.8, 4) is 11.1 Å². The second-order valence-corrected chi connectivity index (χ2v) is 7.83. The summed E-state index contributed by atoms with van der Waals surface area (Å²) in [5.41, 5.74) is 5.82. The molecule has 1 aromatic heterocycles. The second-order valence-electron chi connectivity index (χ2n) is 7.83. The molecule has 1 N–H and O–H groups in total. The lowest BCUT2D eigenvalue weighted by Crippen LogP contribution is -2.32. The van der Waals surface area contributed by atoms with Crippen LogP contribution in [-0.4, -0.2) is 34.0 Å². The number of pyridine rings is 1. The van der Waals surface area contributed by atoms with Crippen molar-refractivity contribution in [2.75, 3.05) is 13.1 Å². The molecule has 0 unspecified atom stereocenters. The van der Waals surface area contributed by atoms with Gasteiger partial charge in [0.25, 0.3) is 0 Å². The standard InChI is InChI=1S/C25H26N2O2/c1-18-16-22(10-13-26-18)20-11-14-27(15-12-20)17-19-6-8-21(9-7-19)23-4-2-3-5-24(23)25(28)29/h2-10,13,16,20H,11-12,14-15,17H2,1H3,(H,28,29). The molecule has 4 heteroatoms. The number of aromatic nitrogens is 1. The molecule has 2 heterocycles. The van der Waals surface area contributed by atoms with Crippen molar-refractivity contribution in [2.45, 2.75) is 32.2 Å². The van der Waals surface area contributed by atoms with Crippen LogP contribution in [-0.2, 0) is 6.54 Å². The van der Waals surface area contributed by atoms with E-state index in [4.69, 9.17) is 0 Å². The molecule has 29 heavy (non-hydrogen) atoms. The molecule has 3 aromatic rings. The van der Waals surface area contributed by atoms with E-state index in [1.165, 1.54) is 24.0 Å². The molecule has 0 atom stereocenters. The van der Waals surface area contributed by atoms with E-state index in [1.54, 1.807) is 12.1 Å². The number of nitrogens with zero attached hydrogens (tertiary/aromatic N) is 2. The van der Waals surface area contributed by atoms with Crippen molar-refractivity contribution in [1.29, 1.82) is 0 Å². The molecule has 0 saturated carbocycles. The van der Waals surface area contributed by atoms with Gasteiger partial charge in [0, 0.05) is 18.4 Å². The summed E-state index contributed by atoms with van der Waals surface area (Å²) in [4.78, 5) is 18.3. The Morgan fingerprint density at radius 1 is 1.07 bits per heavy atom. The molecular weight excluding hydrogens is 360 g/mol. The Labute approximate surface area is 171 Å². The fourth-order valence-electron chi connectivity index (χ4n) is 4.22. The minimum atomic E-state index is -0.892. The second kappa shape index (κ2) is 8.58. The van der Waals surface area contributed by atoms with E-state index in [1.807, 2.05) is 30.5 Å². The van der Waals surface area contributed by atoms with Gasteiger partial charge < -0.3 is 5.11 Å². The topological polar surface area (TPSA) is 53.4 Å². The molecule has 148 valence electrons. The van der Waals surface area contributed by atoms with Crippen molar-refractivity contribution in [3.63, 3.8) is 0 Å². The number of likely N-dealkylation sites (tertiary alicyclic amines) is 1. The highest BCUT2D eigenvalue weighted by molar-refractivity contribution is 5.95. The maximum Gasteiger partial charge on any atom is 0.336 e. The zero-order valence-corrected chi connectivity index (χ0v) is 16.7. The maximum atomic E-state index is 11.5. The van der Waals surface area contributed by atoms with Gasteiger partial charge in [-0.2, -0.15) is 0 Å². The monoisotopic (exact) mass is 386 g/mol. The van der Waals surface area contributed by atoms with Gasteiger partial charge >= 0.3 is 5.97 Å². The Morgan fingerprint density at radius 3 is 2.48 bits per heavy atom. The smallest absolute Gasteiger partial charge is 0.336 e. The van der Waals surface area contributed by atoms with E-state index in [2.05, 4.69) is 41.1 Å². The number of benzene rings is 2. The van der Waals surface area contributed by atoms with Crippen molar-refractivity contribution in [2.24, 2.45) is 0 Å². The van der Waals surface area contributed by atoms with E-state index in [-0.39, 0.29) is 0 Å². The fraction of sp³-hybridized carbons (Fsp3) is 0.280. The quantitative estimate of drug-likeness (QED) is 0.660. The number of rotatable bonds is 5. The van der Waals surface area contributed by atoms with Gasteiger partial charge in [0.1, 0.15) is 0 Å². The Hall–Kier alpha value is -2.98. The third kappa shape index (κ3) is 4.54. The van der Waals surface area contributed by atoms with Crippen molar-refractivity contribution in [1.82, 2.24) is 9.88 Å². The molecule has 1 aliphatic rings. The summed E-state index contributed by atoms with van der Waals surface area (Å²) in [5.74, 6) is -0.264. The first kappa shape index (κ1) is 19.3. The number of carboxylic acid groups (broad SMARTS) is 1. The zero-order valence-electron chi connectivity index (χ0n) is 16.7. The van der Waals surface area contributed by atoms with E-state index in [0.717, 1.165) is 36.5 Å². The number of aryl methyl sites for hydroxylation is 1. The SMILES string of the molecule is Cc1cc(C2CCN(Cc3ccc(-c4ccccc4C(=O)O)cc3)CC2)ccn1. The highest BCUT2D eigenvalue weighted by Crippen LogP contribution is 2.29. The third-order valence-corrected chi connectivity index (χ3v) is 5.81. The first-order valence-corrected chi connectivity index (χ1v) is 10.2. The molecular formula is C25H26N2O2. The Kier molecular flexibility index (Phi) is 5.72. The van der Waals surface area contributed by atoms with Gasteiger partial charge in [-0.1, -0.05) is 42.5 Å². The summed E-state index contributed by atoms with van der Waals surface area (Å²) >= 11 is 0. The van der Waals surface area contributed by atoms with Crippen LogP contribution in [0.1, 0.15) is 45.9 Å². The first-order chi connectivity index (χ1) is 14.1. The summed E-state index contributed by atoms with van der Waals surface area (Å²) in [7, 11) is 0. The van der Waals surface area contributed by atoms with Gasteiger partial charge in [0.05, 0.1) is 5.56 Å². The van der Waals surface area contributed by atoms with Crippen molar-refractivity contribution in [3.05, 3.63) is 89.2 Å². The zero-order chi connectivity index (χ0) is 20.2. The normalized spacial score (nSPS) is 15.3. The van der Waals surface area contributed by atoms with Crippen molar-refractivity contribution < 1.29 is 9.90 Å². The molecule has 4 nitrogen and oxygen atoms in total. The minimum absolute atomic E-state index is 0.341. The van der Waals surface area contributed by atoms with E-state index in [0.29, 0.717) is 11.5 Å². The molecule has 4 rings (SSSR count). The highest BCUT2D eigenvalue weighted by atomic mass is 16.4. The van der Waals surface area contributed by atoms with Gasteiger partial charge in [0.15, 0.2) is 0 Å². The summed E-state index contributed by atoms with van der Waals surface area (Å²) in [6.45, 7) is 5.17. The van der Waals surface area contributed by atoms with Crippen LogP contribution in [0.15, 0.2) is 66.9 Å². The number of aromatic carboxylic acids is 1. The molecule has 1 fully saturated rings. The molecule has 2 aromatic carbocycles. The van der Waals surface area contributed by atoms with Gasteiger partial charge in [-0.05, 0) is 79.2 Å². The van der Waals surface area contributed by atoms with E-state index < -0.39 is 5.97 Å². The van der Waals surface area contributed by atoms with Gasteiger partial charge in [0.2, 0.25) is 0 Å². The highest BCUT2D eigenvalue weighted by Gasteiger charge is 2.21. The summed E-state index contributed by atoms with van der Waals surface area (Å²) < 4.78 is 0. The Balaban J connectivity index is 1.38. The van der Waals surface area contributed by atoms with Crippen LogP contribution in [0.5, 0.6) is 0 Å². The van der Waals surface area contributed by atoms with E-state index in [9.17, 15) is 9.90 Å². The Morgan fingerprint density at radius 2 is 1.79 bits per heavy atom. The molecule has 0 amide bonds. The van der Waals surface area contributed by atoms with Crippen LogP contribution < -0.4 is 0 Å². The average Bonchev–Trinajstić information content (AvgIpc) is 2.75. The lowest BCUT2D eigenvalue weighted by atomic mass is 9.89. The summed E-state index contributed by atoms with van der Waals surface area (Å²) in [5, 5.41) is 9.41. The number of hydrogen-bond donors (Lipinski definition) is 1. The van der Waals surface area contributed by atoms with Crippen LogP contribution >= 0.6 is 0 Å². The Bertz CT molecular complexity index is 990. The summed E-state index contributed by atoms with van der Waals surface area (Å²) in [6.07, 6.45) is 4.27. The fourth-order valence-corrected chi connectivity index (χ4v) is 4.22. The first-order valence-electron chi connectivity index (χ1n) is 10.2. The molecule has 1 saturated heterocycles. The van der Waals surface area contributed by atoms with Crippen LogP contribution in [0, 0.1) is 6.92 Å². The van der Waals surface area contributed by atoms with Crippen molar-refractivity contribution >= 4 is 5.97 Å². The predicted octanol–water partition coefficient (Wildman–Crippen LogP) is 5.13. The average molecular weight is 386 g/mol. The molecule has 0 bridgehead atoms. The number of hydrogen-bond acceptors (Lipinski definition) is 3. The van der Waals surface area contributed by atoms with Gasteiger partial charge in [-0.3, -0.25) is 9.88 Å². The van der Waals surface area contributed by atoms with E-state index >= 15 is 0 Å². The van der Waals surface area contributed by atoms with Gasteiger partial charge in [-0.15, -0.1) is 0 Å².